The van der Waals surface area contributed by atoms with Crippen LogP contribution in [0.5, 0.6) is 0 Å². The van der Waals surface area contributed by atoms with Gasteiger partial charge in [-0.3, -0.25) is 4.79 Å². The highest BCUT2D eigenvalue weighted by Gasteiger charge is 2.27. The Morgan fingerprint density at radius 1 is 1.06 bits per heavy atom. The number of rotatable bonds is 11. The van der Waals surface area contributed by atoms with Crippen LogP contribution in [0.2, 0.25) is 10.0 Å². The Morgan fingerprint density at radius 2 is 1.65 bits per heavy atom. The van der Waals surface area contributed by atoms with Gasteiger partial charge in [0.25, 0.3) is 0 Å². The lowest BCUT2D eigenvalue weighted by molar-refractivity contribution is -0.135. The van der Waals surface area contributed by atoms with E-state index in [1.807, 2.05) is 7.05 Å². The van der Waals surface area contributed by atoms with Crippen molar-refractivity contribution >= 4 is 39.1 Å². The molecule has 34 heavy (non-hydrogen) atoms. The molecule has 10 heteroatoms. The molecule has 3 rings (SSSR count). The average molecular weight is 535 g/mol. The summed E-state index contributed by atoms with van der Waals surface area (Å²) in [7, 11) is -0.604. The van der Waals surface area contributed by atoms with Crippen molar-refractivity contribution in [2.45, 2.75) is 43.4 Å². The predicted octanol–water partition coefficient (Wildman–Crippen LogP) is 3.99. The third kappa shape index (κ3) is 7.55. The molecule has 0 spiro atoms. The van der Waals surface area contributed by atoms with Crippen molar-refractivity contribution in [3.8, 4) is 0 Å². The van der Waals surface area contributed by atoms with E-state index in [1.165, 1.54) is 77.3 Å². The Balaban J connectivity index is 1.34. The SMILES string of the molecule is CN(CC1CCC(CN2CCCC2)CC1)C(=O)COCCN(C)S(=O)(=O)c1c(Cl)cccc1Cl. The van der Waals surface area contributed by atoms with Gasteiger partial charge >= 0.3 is 0 Å². The van der Waals surface area contributed by atoms with Gasteiger partial charge in [0.05, 0.1) is 16.7 Å². The molecule has 1 heterocycles. The minimum Gasteiger partial charge on any atom is -0.370 e. The van der Waals surface area contributed by atoms with Crippen molar-refractivity contribution in [1.82, 2.24) is 14.1 Å². The van der Waals surface area contributed by atoms with Gasteiger partial charge in [0.1, 0.15) is 11.5 Å². The number of amides is 1. The number of carbonyl (C=O) groups excluding carboxylic acids is 1. The second kappa shape index (κ2) is 12.9. The molecular weight excluding hydrogens is 497 g/mol. The lowest BCUT2D eigenvalue weighted by Gasteiger charge is -2.33. The highest BCUT2D eigenvalue weighted by atomic mass is 35.5. The number of carbonyl (C=O) groups is 1. The fraction of sp³-hybridized carbons (Fsp3) is 0.708. The number of nitrogens with zero attached hydrogens (tertiary/aromatic N) is 3. The molecule has 0 bridgehead atoms. The first-order valence-electron chi connectivity index (χ1n) is 12.1. The smallest absolute Gasteiger partial charge is 0.248 e. The van der Waals surface area contributed by atoms with E-state index >= 15 is 0 Å². The molecule has 2 aliphatic rings. The van der Waals surface area contributed by atoms with Crippen molar-refractivity contribution in [2.24, 2.45) is 11.8 Å². The highest BCUT2D eigenvalue weighted by Crippen LogP contribution is 2.31. The average Bonchev–Trinajstić information content (AvgIpc) is 3.30. The monoisotopic (exact) mass is 533 g/mol. The van der Waals surface area contributed by atoms with Gasteiger partial charge in [-0.25, -0.2) is 8.42 Å². The summed E-state index contributed by atoms with van der Waals surface area (Å²) in [6, 6.07) is 4.56. The first-order valence-corrected chi connectivity index (χ1v) is 14.3. The standard InChI is InChI=1S/C24H37Cl2N3O4S/c1-27(16-19-8-10-20(11-9-19)17-29-12-3-4-13-29)23(30)18-33-15-14-28(2)34(31,32)24-21(25)6-5-7-22(24)26/h5-7,19-20H,3-4,8-18H2,1-2H3. The molecule has 2 fully saturated rings. The molecule has 0 unspecified atom stereocenters. The van der Waals surface area contributed by atoms with Crippen LogP contribution in [0.4, 0.5) is 0 Å². The molecule has 192 valence electrons. The maximum atomic E-state index is 12.8. The predicted molar refractivity (Wildman–Crippen MR) is 136 cm³/mol. The van der Waals surface area contributed by atoms with E-state index in [-0.39, 0.29) is 40.6 Å². The molecule has 1 aromatic rings. The quantitative estimate of drug-likeness (QED) is 0.402. The van der Waals surface area contributed by atoms with Crippen LogP contribution in [-0.4, -0.2) is 88.5 Å². The third-order valence-corrected chi connectivity index (χ3v) is 9.82. The minimum absolute atomic E-state index is 0.0679. The van der Waals surface area contributed by atoms with Gasteiger partial charge in [-0.15, -0.1) is 0 Å². The Morgan fingerprint density at radius 3 is 2.26 bits per heavy atom. The summed E-state index contributed by atoms with van der Waals surface area (Å²) in [5.41, 5.74) is 0. The van der Waals surface area contributed by atoms with Gasteiger partial charge in [-0.2, -0.15) is 4.31 Å². The number of halogens is 2. The summed E-state index contributed by atoms with van der Waals surface area (Å²) in [5, 5.41) is 0.143. The molecule has 7 nitrogen and oxygen atoms in total. The zero-order valence-corrected chi connectivity index (χ0v) is 22.5. The van der Waals surface area contributed by atoms with Gasteiger partial charge in [0, 0.05) is 33.7 Å². The van der Waals surface area contributed by atoms with E-state index in [2.05, 4.69) is 4.90 Å². The Hall–Kier alpha value is -0.900. The van der Waals surface area contributed by atoms with Crippen molar-refractivity contribution in [3.05, 3.63) is 28.2 Å². The van der Waals surface area contributed by atoms with E-state index in [4.69, 9.17) is 27.9 Å². The summed E-state index contributed by atoms with van der Waals surface area (Å²) in [4.78, 5) is 16.7. The third-order valence-electron chi connectivity index (χ3n) is 7.00. The lowest BCUT2D eigenvalue weighted by atomic mass is 9.81. The molecule has 1 aliphatic carbocycles. The molecule has 1 aliphatic heterocycles. The van der Waals surface area contributed by atoms with Crippen LogP contribution in [0.15, 0.2) is 23.1 Å². The van der Waals surface area contributed by atoms with Crippen LogP contribution in [0.25, 0.3) is 0 Å². The Kier molecular flexibility index (Phi) is 10.5. The van der Waals surface area contributed by atoms with Crippen molar-refractivity contribution in [2.75, 3.05) is 60.0 Å². The first kappa shape index (κ1) is 27.7. The molecule has 0 N–H and O–H groups in total. The summed E-state index contributed by atoms with van der Waals surface area (Å²) in [6.07, 6.45) is 7.51. The highest BCUT2D eigenvalue weighted by molar-refractivity contribution is 7.89. The van der Waals surface area contributed by atoms with Gasteiger partial charge in [0.15, 0.2) is 0 Å². The molecule has 1 saturated carbocycles. The van der Waals surface area contributed by atoms with Crippen LogP contribution in [0.3, 0.4) is 0 Å². The zero-order valence-electron chi connectivity index (χ0n) is 20.2. The second-order valence-corrected chi connectivity index (χ2v) is 12.4. The van der Waals surface area contributed by atoms with Gasteiger partial charge in [-0.1, -0.05) is 29.3 Å². The fourth-order valence-electron chi connectivity index (χ4n) is 4.88. The first-order chi connectivity index (χ1) is 16.2. The lowest BCUT2D eigenvalue weighted by Crippen LogP contribution is -2.37. The second-order valence-electron chi connectivity index (χ2n) is 9.60. The molecule has 1 amide bonds. The number of likely N-dealkylation sites (N-methyl/N-ethyl adjacent to an activating group) is 2. The van der Waals surface area contributed by atoms with E-state index < -0.39 is 10.0 Å². The van der Waals surface area contributed by atoms with Crippen LogP contribution in [0.1, 0.15) is 38.5 Å². The summed E-state index contributed by atoms with van der Waals surface area (Å²) in [6.45, 7) is 4.61. The van der Waals surface area contributed by atoms with Crippen molar-refractivity contribution in [1.29, 1.82) is 0 Å². The summed E-state index contributed by atoms with van der Waals surface area (Å²) >= 11 is 12.1. The molecule has 0 atom stereocenters. The summed E-state index contributed by atoms with van der Waals surface area (Å²) in [5.74, 6) is 1.26. The maximum absolute atomic E-state index is 12.8. The molecule has 0 aromatic heterocycles. The number of ether oxygens (including phenoxy) is 1. The number of likely N-dealkylation sites (tertiary alicyclic amines) is 1. The number of hydrogen-bond donors (Lipinski definition) is 0. The fourth-order valence-corrected chi connectivity index (χ4v) is 7.12. The van der Waals surface area contributed by atoms with Crippen LogP contribution < -0.4 is 0 Å². The Labute approximate surface area is 214 Å². The zero-order chi connectivity index (χ0) is 24.7. The summed E-state index contributed by atoms with van der Waals surface area (Å²) < 4.78 is 32.2. The number of sulfonamides is 1. The van der Waals surface area contributed by atoms with Gasteiger partial charge in [-0.05, 0) is 75.6 Å². The van der Waals surface area contributed by atoms with Crippen LogP contribution in [0, 0.1) is 11.8 Å². The van der Waals surface area contributed by atoms with E-state index in [1.54, 1.807) is 11.0 Å². The molecule has 0 radical (unpaired) electrons. The topological polar surface area (TPSA) is 70.2 Å². The van der Waals surface area contributed by atoms with Crippen molar-refractivity contribution < 1.29 is 17.9 Å². The molecule has 1 aromatic carbocycles. The van der Waals surface area contributed by atoms with E-state index in [9.17, 15) is 13.2 Å². The normalized spacial score (nSPS) is 21.8. The van der Waals surface area contributed by atoms with E-state index in [0.717, 1.165) is 16.8 Å². The molecule has 1 saturated heterocycles. The van der Waals surface area contributed by atoms with Crippen molar-refractivity contribution in [3.63, 3.8) is 0 Å². The largest absolute Gasteiger partial charge is 0.370 e. The van der Waals surface area contributed by atoms with Gasteiger partial charge in [0.2, 0.25) is 15.9 Å². The van der Waals surface area contributed by atoms with Gasteiger partial charge < -0.3 is 14.5 Å². The number of benzene rings is 1. The van der Waals surface area contributed by atoms with E-state index in [0.29, 0.717) is 5.92 Å². The van der Waals surface area contributed by atoms with Crippen LogP contribution >= 0.6 is 23.2 Å². The molecular formula is C24H37Cl2N3O4S. The maximum Gasteiger partial charge on any atom is 0.248 e. The van der Waals surface area contributed by atoms with Crippen LogP contribution in [-0.2, 0) is 19.6 Å². The Bertz CT molecular complexity index is 897. The number of hydrogen-bond acceptors (Lipinski definition) is 5. The minimum atomic E-state index is -3.86.